The van der Waals surface area contributed by atoms with Gasteiger partial charge in [-0.15, -0.1) is 0 Å². The fourth-order valence-corrected chi connectivity index (χ4v) is 4.10. The van der Waals surface area contributed by atoms with Crippen molar-refractivity contribution in [1.29, 1.82) is 0 Å². The van der Waals surface area contributed by atoms with Crippen molar-refractivity contribution in [3.8, 4) is 22.3 Å². The van der Waals surface area contributed by atoms with Crippen LogP contribution < -0.4 is 16.8 Å². The molecule has 0 bridgehead atoms. The van der Waals surface area contributed by atoms with Gasteiger partial charge in [-0.1, -0.05) is 54.1 Å². The van der Waals surface area contributed by atoms with Gasteiger partial charge in [0.05, 0.1) is 0 Å². The smallest absolute Gasteiger partial charge is 0.268 e. The van der Waals surface area contributed by atoms with E-state index in [1.807, 2.05) is 25.1 Å². The Morgan fingerprint density at radius 3 is 2.26 bits per heavy atom. The van der Waals surface area contributed by atoms with E-state index < -0.39 is 0 Å². The van der Waals surface area contributed by atoms with Crippen molar-refractivity contribution >= 4 is 16.8 Å². The van der Waals surface area contributed by atoms with E-state index in [2.05, 4.69) is 41.5 Å². The maximum absolute atomic E-state index is 13.6. The molecule has 0 saturated heterocycles. The first-order valence-corrected chi connectivity index (χ1v) is 11.6. The Hall–Kier alpha value is -3.48. The molecule has 4 aromatic rings. The highest BCUT2D eigenvalue weighted by atomic mass is 19.1. The monoisotopic (exact) mass is 458 g/mol. The van der Waals surface area contributed by atoms with Gasteiger partial charge in [-0.25, -0.2) is 4.39 Å². The molecule has 1 heterocycles. The van der Waals surface area contributed by atoms with E-state index in [0.717, 1.165) is 46.0 Å². The van der Waals surface area contributed by atoms with Crippen LogP contribution in [0.4, 0.5) is 4.39 Å². The highest BCUT2D eigenvalue weighted by Crippen LogP contribution is 2.35. The van der Waals surface area contributed by atoms with Crippen LogP contribution in [0.1, 0.15) is 35.8 Å². The van der Waals surface area contributed by atoms with Crippen molar-refractivity contribution in [3.63, 3.8) is 0 Å². The number of H-pyrrole nitrogens is 1. The van der Waals surface area contributed by atoms with Gasteiger partial charge in [0.25, 0.3) is 5.91 Å². The number of benzene rings is 3. The van der Waals surface area contributed by atoms with Crippen LogP contribution in [0.3, 0.4) is 0 Å². The first-order valence-electron chi connectivity index (χ1n) is 11.6. The second-order valence-corrected chi connectivity index (χ2v) is 9.03. The maximum Gasteiger partial charge on any atom is 0.268 e. The number of carbonyl (C=O) groups is 1. The van der Waals surface area contributed by atoms with Crippen molar-refractivity contribution in [2.75, 3.05) is 6.54 Å². The molecule has 1 unspecified atom stereocenters. The van der Waals surface area contributed by atoms with Crippen LogP contribution in [0, 0.1) is 12.7 Å². The molecule has 6 N–H and O–H groups in total. The summed E-state index contributed by atoms with van der Waals surface area (Å²) in [5, 5.41) is 3.84. The van der Waals surface area contributed by atoms with E-state index in [4.69, 9.17) is 11.5 Å². The maximum atomic E-state index is 13.6. The Morgan fingerprint density at radius 1 is 0.941 bits per heavy atom. The zero-order chi connectivity index (χ0) is 24.2. The van der Waals surface area contributed by atoms with Gasteiger partial charge in [-0.05, 0) is 61.6 Å². The van der Waals surface area contributed by atoms with Crippen LogP contribution >= 0.6 is 0 Å². The highest BCUT2D eigenvalue weighted by molar-refractivity contribution is 6.10. The van der Waals surface area contributed by atoms with Gasteiger partial charge in [0, 0.05) is 35.1 Å². The van der Waals surface area contributed by atoms with Crippen LogP contribution in [0.5, 0.6) is 0 Å². The summed E-state index contributed by atoms with van der Waals surface area (Å²) in [5.74, 6) is -0.569. The van der Waals surface area contributed by atoms with Crippen molar-refractivity contribution in [1.82, 2.24) is 10.3 Å². The molecule has 0 aliphatic carbocycles. The van der Waals surface area contributed by atoms with Gasteiger partial charge in [-0.2, -0.15) is 0 Å². The van der Waals surface area contributed by atoms with Gasteiger partial charge in [0.15, 0.2) is 0 Å². The molecule has 176 valence electrons. The van der Waals surface area contributed by atoms with E-state index in [1.54, 1.807) is 12.1 Å². The van der Waals surface area contributed by atoms with Crippen LogP contribution in [-0.2, 0) is 0 Å². The van der Waals surface area contributed by atoms with Crippen molar-refractivity contribution in [2.45, 2.75) is 38.8 Å². The zero-order valence-corrected chi connectivity index (χ0v) is 19.6. The van der Waals surface area contributed by atoms with Gasteiger partial charge in [0.1, 0.15) is 11.5 Å². The number of halogens is 1. The molecule has 5 nitrogen and oxygen atoms in total. The topological polar surface area (TPSA) is 96.9 Å². The lowest BCUT2D eigenvalue weighted by Gasteiger charge is -2.14. The Balaban J connectivity index is 1.70. The Morgan fingerprint density at radius 2 is 1.59 bits per heavy atom. The first-order chi connectivity index (χ1) is 16.3. The van der Waals surface area contributed by atoms with Crippen LogP contribution in [-0.4, -0.2) is 29.5 Å². The summed E-state index contributed by atoms with van der Waals surface area (Å²) < 4.78 is 13.6. The van der Waals surface area contributed by atoms with Gasteiger partial charge in [-0.3, -0.25) is 4.79 Å². The number of hydrogen-bond acceptors (Lipinski definition) is 3. The number of nitrogens with one attached hydrogen (secondary N) is 2. The standard InChI is InChI=1S/C28H31FN4O/c1-17-3-6-19(7-4-17)21-10-14-24-25(15-21)33-27(26(24)20-8-11-22(29)12-9-20)28(34)32-16-23(31)13-5-18(2)30/h3-4,6-12,14-15,18,23,33H,5,13,16,30-31H2,1-2H3,(H,32,34)/t18?,23-/m0/s1. The van der Waals surface area contributed by atoms with Crippen LogP contribution in [0.2, 0.25) is 0 Å². The van der Waals surface area contributed by atoms with Crippen molar-refractivity contribution in [2.24, 2.45) is 11.5 Å². The lowest BCUT2D eigenvalue weighted by molar-refractivity contribution is 0.0947. The van der Waals surface area contributed by atoms with E-state index >= 15 is 0 Å². The van der Waals surface area contributed by atoms with Crippen molar-refractivity contribution in [3.05, 3.63) is 83.8 Å². The average molecular weight is 459 g/mol. The quantitative estimate of drug-likeness (QED) is 0.295. The van der Waals surface area contributed by atoms with Crippen LogP contribution in [0.15, 0.2) is 66.7 Å². The molecule has 0 radical (unpaired) electrons. The second kappa shape index (κ2) is 10.2. The lowest BCUT2D eigenvalue weighted by atomic mass is 9.98. The minimum Gasteiger partial charge on any atom is -0.350 e. The third-order valence-electron chi connectivity index (χ3n) is 6.06. The SMILES string of the molecule is Cc1ccc(-c2ccc3c(-c4ccc(F)cc4)c(C(=O)NC[C@@H](N)CCC(C)N)[nH]c3c2)cc1. The zero-order valence-electron chi connectivity index (χ0n) is 19.6. The molecule has 2 atom stereocenters. The minimum absolute atomic E-state index is 0.0725. The highest BCUT2D eigenvalue weighted by Gasteiger charge is 2.20. The van der Waals surface area contributed by atoms with Gasteiger partial charge < -0.3 is 21.8 Å². The van der Waals surface area contributed by atoms with Gasteiger partial charge in [0.2, 0.25) is 0 Å². The minimum atomic E-state index is -0.323. The second-order valence-electron chi connectivity index (χ2n) is 9.03. The molecule has 6 heteroatoms. The van der Waals surface area contributed by atoms with E-state index in [-0.39, 0.29) is 23.8 Å². The molecule has 4 rings (SSSR count). The average Bonchev–Trinajstić information content (AvgIpc) is 3.21. The normalized spacial score (nSPS) is 13.1. The number of aromatic nitrogens is 1. The number of amides is 1. The Kier molecular flexibility index (Phi) is 7.10. The molecule has 3 aromatic carbocycles. The predicted molar refractivity (Wildman–Crippen MR) is 137 cm³/mol. The van der Waals surface area contributed by atoms with Crippen molar-refractivity contribution < 1.29 is 9.18 Å². The molecular weight excluding hydrogens is 427 g/mol. The summed E-state index contributed by atoms with van der Waals surface area (Å²) in [5.41, 5.74) is 18.1. The molecule has 34 heavy (non-hydrogen) atoms. The molecule has 0 aliphatic heterocycles. The molecule has 0 fully saturated rings. The number of aryl methyl sites for hydroxylation is 1. The third-order valence-corrected chi connectivity index (χ3v) is 6.06. The van der Waals surface area contributed by atoms with Gasteiger partial charge >= 0.3 is 0 Å². The largest absolute Gasteiger partial charge is 0.350 e. The van der Waals surface area contributed by atoms with E-state index in [1.165, 1.54) is 17.7 Å². The molecule has 0 saturated carbocycles. The summed E-state index contributed by atoms with van der Waals surface area (Å²) in [4.78, 5) is 16.5. The number of hydrogen-bond donors (Lipinski definition) is 4. The van der Waals surface area contributed by atoms with Crippen LogP contribution in [0.25, 0.3) is 33.2 Å². The Bertz CT molecular complexity index is 1280. The summed E-state index contributed by atoms with van der Waals surface area (Å²) in [6, 6.07) is 20.5. The number of fused-ring (bicyclic) bond motifs is 1. The fourth-order valence-electron chi connectivity index (χ4n) is 4.10. The third kappa shape index (κ3) is 5.35. The molecule has 1 aromatic heterocycles. The summed E-state index contributed by atoms with van der Waals surface area (Å²) >= 11 is 0. The number of aromatic amines is 1. The van der Waals surface area contributed by atoms with E-state index in [0.29, 0.717) is 12.2 Å². The molecule has 0 spiro atoms. The fraction of sp³-hybridized carbons (Fsp3) is 0.250. The summed E-state index contributed by atoms with van der Waals surface area (Å²) in [7, 11) is 0. The predicted octanol–water partition coefficient (Wildman–Crippen LogP) is 5.13. The summed E-state index contributed by atoms with van der Waals surface area (Å²) in [6.45, 7) is 4.34. The number of rotatable bonds is 8. The first kappa shape index (κ1) is 23.7. The summed E-state index contributed by atoms with van der Waals surface area (Å²) in [6.07, 6.45) is 1.53. The number of nitrogens with two attached hydrogens (primary N) is 2. The molecular formula is C28H31FN4O. The van der Waals surface area contributed by atoms with E-state index in [9.17, 15) is 9.18 Å². The molecule has 0 aliphatic rings. The number of carbonyl (C=O) groups excluding carboxylic acids is 1. The lowest BCUT2D eigenvalue weighted by Crippen LogP contribution is -2.38. The molecule has 1 amide bonds. The Labute approximate surface area is 199 Å².